The lowest BCUT2D eigenvalue weighted by Crippen LogP contribution is -2.45. The number of pyridine rings is 1. The summed E-state index contributed by atoms with van der Waals surface area (Å²) in [4.78, 5) is 28.2. The number of benzene rings is 1. The van der Waals surface area contributed by atoms with Gasteiger partial charge in [-0.05, 0) is 25.5 Å². The van der Waals surface area contributed by atoms with Gasteiger partial charge < -0.3 is 10.6 Å². The predicted octanol–water partition coefficient (Wildman–Crippen LogP) is 1.88. The zero-order valence-corrected chi connectivity index (χ0v) is 12.2. The Bertz CT molecular complexity index is 655. The molecule has 110 valence electrons. The second kappa shape index (κ2) is 6.83. The minimum absolute atomic E-state index is 0.189. The molecule has 0 saturated carbocycles. The summed E-state index contributed by atoms with van der Waals surface area (Å²) >= 11 is 0. The molecule has 0 aliphatic carbocycles. The van der Waals surface area contributed by atoms with Crippen molar-refractivity contribution in [3.8, 4) is 0 Å². The molecule has 2 N–H and O–H groups in total. The van der Waals surface area contributed by atoms with Gasteiger partial charge in [-0.3, -0.25) is 9.59 Å². The maximum atomic E-state index is 12.1. The Morgan fingerprint density at radius 3 is 2.71 bits per heavy atom. The van der Waals surface area contributed by atoms with Gasteiger partial charge in [0.1, 0.15) is 11.7 Å². The topological polar surface area (TPSA) is 71.1 Å². The van der Waals surface area contributed by atoms with Gasteiger partial charge in [0.2, 0.25) is 5.91 Å². The van der Waals surface area contributed by atoms with Crippen LogP contribution in [-0.4, -0.2) is 29.4 Å². The lowest BCUT2D eigenvalue weighted by molar-refractivity contribution is -0.122. The minimum Gasteiger partial charge on any atom is -0.354 e. The number of hydrogen-bond acceptors (Lipinski definition) is 3. The first-order valence-electron chi connectivity index (χ1n) is 7.06. The monoisotopic (exact) mass is 285 g/mol. The van der Waals surface area contributed by atoms with E-state index in [0.29, 0.717) is 12.2 Å². The van der Waals surface area contributed by atoms with Crippen molar-refractivity contribution in [3.63, 3.8) is 0 Å². The van der Waals surface area contributed by atoms with Crippen molar-refractivity contribution in [2.75, 3.05) is 6.54 Å². The molecule has 1 aromatic carbocycles. The number of carbonyl (C=O) groups excluding carboxylic acids is 2. The average Bonchev–Trinajstić information content (AvgIpc) is 2.51. The van der Waals surface area contributed by atoms with E-state index >= 15 is 0 Å². The van der Waals surface area contributed by atoms with Crippen LogP contribution in [0.15, 0.2) is 36.4 Å². The van der Waals surface area contributed by atoms with E-state index in [1.54, 1.807) is 13.0 Å². The lowest BCUT2D eigenvalue weighted by Gasteiger charge is -2.13. The van der Waals surface area contributed by atoms with E-state index in [1.165, 1.54) is 0 Å². The largest absolute Gasteiger partial charge is 0.354 e. The van der Waals surface area contributed by atoms with Crippen LogP contribution in [-0.2, 0) is 4.79 Å². The molecular weight excluding hydrogens is 266 g/mol. The van der Waals surface area contributed by atoms with Gasteiger partial charge in [0, 0.05) is 11.9 Å². The fourth-order valence-corrected chi connectivity index (χ4v) is 1.93. The van der Waals surface area contributed by atoms with E-state index < -0.39 is 6.04 Å². The fraction of sp³-hybridized carbons (Fsp3) is 0.312. The van der Waals surface area contributed by atoms with E-state index in [-0.39, 0.29) is 11.8 Å². The first-order chi connectivity index (χ1) is 10.1. The Labute approximate surface area is 123 Å². The van der Waals surface area contributed by atoms with Crippen LogP contribution in [0.3, 0.4) is 0 Å². The van der Waals surface area contributed by atoms with Crippen LogP contribution in [0, 0.1) is 0 Å². The molecule has 0 radical (unpaired) electrons. The normalized spacial score (nSPS) is 11.9. The van der Waals surface area contributed by atoms with Crippen LogP contribution in [0.2, 0.25) is 0 Å². The van der Waals surface area contributed by atoms with Crippen molar-refractivity contribution >= 4 is 22.7 Å². The number of nitrogens with one attached hydrogen (secondary N) is 2. The highest BCUT2D eigenvalue weighted by molar-refractivity contribution is 5.97. The summed E-state index contributed by atoms with van der Waals surface area (Å²) < 4.78 is 0. The Hall–Kier alpha value is -2.43. The van der Waals surface area contributed by atoms with Crippen molar-refractivity contribution < 1.29 is 9.59 Å². The molecule has 2 rings (SSSR count). The smallest absolute Gasteiger partial charge is 0.270 e. The second-order valence-corrected chi connectivity index (χ2v) is 4.88. The number of aromatic nitrogens is 1. The van der Waals surface area contributed by atoms with E-state index in [9.17, 15) is 9.59 Å². The third kappa shape index (κ3) is 3.78. The Balaban J connectivity index is 2.06. The fourth-order valence-electron chi connectivity index (χ4n) is 1.93. The molecule has 2 amide bonds. The van der Waals surface area contributed by atoms with Crippen molar-refractivity contribution in [2.45, 2.75) is 26.3 Å². The highest BCUT2D eigenvalue weighted by Crippen LogP contribution is 2.11. The molecule has 5 heteroatoms. The van der Waals surface area contributed by atoms with E-state index in [0.717, 1.165) is 17.3 Å². The molecule has 0 fully saturated rings. The SMILES string of the molecule is CCCNC(=O)[C@@H](C)NC(=O)c1ccc2ccccc2n1. The summed E-state index contributed by atoms with van der Waals surface area (Å²) in [6.45, 7) is 4.24. The van der Waals surface area contributed by atoms with Crippen molar-refractivity contribution in [2.24, 2.45) is 0 Å². The number of hydrogen-bond donors (Lipinski definition) is 2. The van der Waals surface area contributed by atoms with Crippen LogP contribution in [0.5, 0.6) is 0 Å². The molecule has 21 heavy (non-hydrogen) atoms. The molecule has 0 spiro atoms. The quantitative estimate of drug-likeness (QED) is 0.881. The summed E-state index contributed by atoms with van der Waals surface area (Å²) in [5.41, 5.74) is 1.07. The highest BCUT2D eigenvalue weighted by Gasteiger charge is 2.16. The van der Waals surface area contributed by atoms with Crippen LogP contribution in [0.25, 0.3) is 10.9 Å². The summed E-state index contributed by atoms with van der Waals surface area (Å²) in [7, 11) is 0. The van der Waals surface area contributed by atoms with Crippen molar-refractivity contribution in [1.82, 2.24) is 15.6 Å². The number of carbonyl (C=O) groups is 2. The van der Waals surface area contributed by atoms with Gasteiger partial charge in [-0.15, -0.1) is 0 Å². The number of para-hydroxylation sites is 1. The Morgan fingerprint density at radius 2 is 1.95 bits per heavy atom. The van der Waals surface area contributed by atoms with Crippen LogP contribution in [0.1, 0.15) is 30.8 Å². The summed E-state index contributed by atoms with van der Waals surface area (Å²) in [6.07, 6.45) is 0.860. The van der Waals surface area contributed by atoms with Crippen LogP contribution in [0.4, 0.5) is 0 Å². The Morgan fingerprint density at radius 1 is 1.19 bits per heavy atom. The molecule has 0 aliphatic rings. The minimum atomic E-state index is -0.586. The maximum Gasteiger partial charge on any atom is 0.270 e. The molecule has 0 unspecified atom stereocenters. The first kappa shape index (κ1) is 15.0. The third-order valence-electron chi connectivity index (χ3n) is 3.12. The second-order valence-electron chi connectivity index (χ2n) is 4.88. The number of fused-ring (bicyclic) bond motifs is 1. The van der Waals surface area contributed by atoms with Gasteiger partial charge in [-0.2, -0.15) is 0 Å². The van der Waals surface area contributed by atoms with E-state index in [1.807, 2.05) is 37.3 Å². The van der Waals surface area contributed by atoms with E-state index in [4.69, 9.17) is 0 Å². The molecule has 2 aromatic rings. The molecular formula is C16H19N3O2. The predicted molar refractivity (Wildman–Crippen MR) is 82.0 cm³/mol. The van der Waals surface area contributed by atoms with Gasteiger partial charge in [0.05, 0.1) is 5.52 Å². The van der Waals surface area contributed by atoms with E-state index in [2.05, 4.69) is 15.6 Å². The zero-order valence-electron chi connectivity index (χ0n) is 12.2. The highest BCUT2D eigenvalue weighted by atomic mass is 16.2. The number of rotatable bonds is 5. The van der Waals surface area contributed by atoms with Gasteiger partial charge in [-0.25, -0.2) is 4.98 Å². The maximum absolute atomic E-state index is 12.1. The molecule has 1 aromatic heterocycles. The summed E-state index contributed by atoms with van der Waals surface area (Å²) in [5, 5.41) is 6.38. The molecule has 1 heterocycles. The summed E-state index contributed by atoms with van der Waals surface area (Å²) in [5.74, 6) is -0.536. The number of amides is 2. The van der Waals surface area contributed by atoms with Gasteiger partial charge >= 0.3 is 0 Å². The van der Waals surface area contributed by atoms with Gasteiger partial charge in [0.15, 0.2) is 0 Å². The van der Waals surface area contributed by atoms with Gasteiger partial charge in [-0.1, -0.05) is 31.2 Å². The molecule has 0 bridgehead atoms. The van der Waals surface area contributed by atoms with Crippen LogP contribution >= 0.6 is 0 Å². The first-order valence-corrected chi connectivity index (χ1v) is 7.06. The standard InChI is InChI=1S/C16H19N3O2/c1-3-10-17-15(20)11(2)18-16(21)14-9-8-12-6-4-5-7-13(12)19-14/h4-9,11H,3,10H2,1-2H3,(H,17,20)(H,18,21)/t11-/m1/s1. The average molecular weight is 285 g/mol. The number of nitrogens with zero attached hydrogens (tertiary/aromatic N) is 1. The third-order valence-corrected chi connectivity index (χ3v) is 3.12. The lowest BCUT2D eigenvalue weighted by atomic mass is 10.2. The molecule has 0 saturated heterocycles. The summed E-state index contributed by atoms with van der Waals surface area (Å²) in [6, 6.07) is 10.5. The molecule has 1 atom stereocenters. The zero-order chi connectivity index (χ0) is 15.2. The van der Waals surface area contributed by atoms with Crippen molar-refractivity contribution in [1.29, 1.82) is 0 Å². The van der Waals surface area contributed by atoms with Gasteiger partial charge in [0.25, 0.3) is 5.91 Å². The van der Waals surface area contributed by atoms with Crippen LogP contribution < -0.4 is 10.6 Å². The van der Waals surface area contributed by atoms with Crippen molar-refractivity contribution in [3.05, 3.63) is 42.1 Å². The molecule has 0 aliphatic heterocycles. The molecule has 5 nitrogen and oxygen atoms in total. The Kier molecular flexibility index (Phi) is 4.87.